The van der Waals surface area contributed by atoms with Crippen molar-refractivity contribution in [2.75, 3.05) is 0 Å². The molecule has 2 aromatic rings. The van der Waals surface area contributed by atoms with Crippen LogP contribution < -0.4 is 11.3 Å². The lowest BCUT2D eigenvalue weighted by molar-refractivity contribution is 0.0951. The SMILES string of the molecule is Cc1cccc(Cc2ccc(O)c(C(=O)NN)c2)c1C.O=S(=O)(O)O. The van der Waals surface area contributed by atoms with Crippen molar-refractivity contribution in [3.8, 4) is 5.75 Å². The van der Waals surface area contributed by atoms with Gasteiger partial charge in [0.25, 0.3) is 5.91 Å². The number of hydrogen-bond acceptors (Lipinski definition) is 5. The van der Waals surface area contributed by atoms with E-state index in [-0.39, 0.29) is 11.3 Å². The van der Waals surface area contributed by atoms with Crippen LogP contribution in [0.25, 0.3) is 0 Å². The number of hydrazine groups is 1. The fourth-order valence-electron chi connectivity index (χ4n) is 2.18. The number of nitrogens with two attached hydrogens (primary N) is 1. The van der Waals surface area contributed by atoms with Crippen molar-refractivity contribution in [2.24, 2.45) is 5.84 Å². The van der Waals surface area contributed by atoms with Gasteiger partial charge in [-0.1, -0.05) is 24.3 Å². The summed E-state index contributed by atoms with van der Waals surface area (Å²) in [6.07, 6.45) is 0.707. The maximum atomic E-state index is 11.6. The Hall–Kier alpha value is -2.46. The largest absolute Gasteiger partial charge is 0.507 e. The van der Waals surface area contributed by atoms with Crippen molar-refractivity contribution < 1.29 is 27.4 Å². The lowest BCUT2D eigenvalue weighted by Crippen LogP contribution is -2.30. The molecule has 0 bridgehead atoms. The highest BCUT2D eigenvalue weighted by Crippen LogP contribution is 2.22. The lowest BCUT2D eigenvalue weighted by atomic mass is 9.96. The van der Waals surface area contributed by atoms with Crippen LogP contribution in [0.2, 0.25) is 0 Å². The third kappa shape index (κ3) is 6.89. The van der Waals surface area contributed by atoms with Crippen LogP contribution in [-0.4, -0.2) is 28.5 Å². The number of rotatable bonds is 3. The predicted molar refractivity (Wildman–Crippen MR) is 92.7 cm³/mol. The number of phenols is 1. The number of aryl methyl sites for hydroxylation is 1. The van der Waals surface area contributed by atoms with Crippen LogP contribution in [0.5, 0.6) is 5.75 Å². The Bertz CT molecular complexity index is 857. The first-order valence-corrected chi connectivity index (χ1v) is 8.50. The van der Waals surface area contributed by atoms with E-state index < -0.39 is 16.3 Å². The molecule has 2 rings (SSSR count). The molecule has 0 spiro atoms. The maximum Gasteiger partial charge on any atom is 0.394 e. The molecule has 6 N–H and O–H groups in total. The number of carbonyl (C=O) groups excluding carboxylic acids is 1. The Morgan fingerprint density at radius 2 is 1.76 bits per heavy atom. The quantitative estimate of drug-likeness (QED) is 0.239. The fourth-order valence-corrected chi connectivity index (χ4v) is 2.18. The molecule has 0 aromatic heterocycles. The van der Waals surface area contributed by atoms with Gasteiger partial charge < -0.3 is 5.11 Å². The molecule has 9 heteroatoms. The van der Waals surface area contributed by atoms with E-state index >= 15 is 0 Å². The second-order valence-corrected chi connectivity index (χ2v) is 6.20. The number of aromatic hydroxyl groups is 1. The van der Waals surface area contributed by atoms with Gasteiger partial charge in [0, 0.05) is 0 Å². The molecule has 0 unspecified atom stereocenters. The standard InChI is InChI=1S/C16H18N2O2.H2O4S/c1-10-4-3-5-13(11(10)2)8-12-6-7-15(19)14(9-12)16(20)18-17;1-5(2,3)4/h3-7,9,19H,8,17H2,1-2H3,(H,18,20);(H2,1,2,3,4). The summed E-state index contributed by atoms with van der Waals surface area (Å²) in [5, 5.41) is 9.68. The van der Waals surface area contributed by atoms with Crippen LogP contribution >= 0.6 is 0 Å². The molecule has 0 radical (unpaired) electrons. The van der Waals surface area contributed by atoms with Crippen LogP contribution in [0.4, 0.5) is 0 Å². The zero-order chi connectivity index (χ0) is 19.2. The molecule has 2 aromatic carbocycles. The summed E-state index contributed by atoms with van der Waals surface area (Å²) in [6, 6.07) is 11.2. The van der Waals surface area contributed by atoms with Crippen LogP contribution in [0.3, 0.4) is 0 Å². The van der Waals surface area contributed by atoms with Crippen LogP contribution in [0, 0.1) is 13.8 Å². The second-order valence-electron chi connectivity index (χ2n) is 5.31. The van der Waals surface area contributed by atoms with E-state index in [0.29, 0.717) is 6.42 Å². The van der Waals surface area contributed by atoms with Crippen LogP contribution in [-0.2, 0) is 16.8 Å². The maximum absolute atomic E-state index is 11.6. The van der Waals surface area contributed by atoms with Crippen molar-refractivity contribution in [2.45, 2.75) is 20.3 Å². The van der Waals surface area contributed by atoms with E-state index in [2.05, 4.69) is 26.0 Å². The summed E-state index contributed by atoms with van der Waals surface area (Å²) in [6.45, 7) is 4.15. The zero-order valence-corrected chi connectivity index (χ0v) is 14.5. The van der Waals surface area contributed by atoms with Gasteiger partial charge >= 0.3 is 10.4 Å². The van der Waals surface area contributed by atoms with Crippen LogP contribution in [0.15, 0.2) is 36.4 Å². The van der Waals surface area contributed by atoms with Gasteiger partial charge in [-0.25, -0.2) is 5.84 Å². The molecule has 136 valence electrons. The summed E-state index contributed by atoms with van der Waals surface area (Å²) in [5.41, 5.74) is 6.86. The highest BCUT2D eigenvalue weighted by molar-refractivity contribution is 7.79. The molecule has 0 aliphatic heterocycles. The van der Waals surface area contributed by atoms with Gasteiger partial charge in [-0.3, -0.25) is 19.3 Å². The van der Waals surface area contributed by atoms with Crippen LogP contribution in [0.1, 0.15) is 32.6 Å². The van der Waals surface area contributed by atoms with Gasteiger partial charge in [-0.15, -0.1) is 0 Å². The minimum Gasteiger partial charge on any atom is -0.507 e. The number of nitrogens with one attached hydrogen (secondary N) is 1. The molecule has 1 amide bonds. The summed E-state index contributed by atoms with van der Waals surface area (Å²) in [7, 11) is -4.67. The number of carbonyl (C=O) groups is 1. The zero-order valence-electron chi connectivity index (χ0n) is 13.7. The van der Waals surface area contributed by atoms with Crippen molar-refractivity contribution in [1.82, 2.24) is 5.43 Å². The van der Waals surface area contributed by atoms with Gasteiger partial charge in [-0.05, 0) is 54.7 Å². The van der Waals surface area contributed by atoms with Gasteiger partial charge in [0.2, 0.25) is 0 Å². The third-order valence-electron chi connectivity index (χ3n) is 3.55. The molecule has 0 saturated carbocycles. The highest BCUT2D eigenvalue weighted by atomic mass is 32.3. The Labute approximate surface area is 145 Å². The van der Waals surface area contributed by atoms with Gasteiger partial charge in [0.1, 0.15) is 5.75 Å². The second kappa shape index (κ2) is 8.58. The number of nitrogen functional groups attached to an aromatic ring is 1. The Morgan fingerprint density at radius 3 is 2.32 bits per heavy atom. The predicted octanol–water partition coefficient (Wildman–Crippen LogP) is 1.55. The molecular formula is C16H20N2O6S. The Morgan fingerprint density at radius 1 is 1.16 bits per heavy atom. The number of phenolic OH excluding ortho intramolecular Hbond substituents is 1. The molecule has 0 aliphatic rings. The average molecular weight is 368 g/mol. The summed E-state index contributed by atoms with van der Waals surface area (Å²) in [5.74, 6) is 4.54. The number of benzene rings is 2. The minimum absolute atomic E-state index is 0.0716. The first-order valence-electron chi connectivity index (χ1n) is 7.10. The summed E-state index contributed by atoms with van der Waals surface area (Å²) >= 11 is 0. The molecule has 25 heavy (non-hydrogen) atoms. The summed E-state index contributed by atoms with van der Waals surface area (Å²) < 4.78 is 31.6. The first-order chi connectivity index (χ1) is 11.5. The molecule has 0 atom stereocenters. The molecule has 0 saturated heterocycles. The van der Waals surface area contributed by atoms with E-state index in [9.17, 15) is 9.90 Å². The Kier molecular flexibility index (Phi) is 7.07. The monoisotopic (exact) mass is 368 g/mol. The molecule has 0 fully saturated rings. The number of hydrogen-bond donors (Lipinski definition) is 5. The average Bonchev–Trinajstić information content (AvgIpc) is 2.51. The summed E-state index contributed by atoms with van der Waals surface area (Å²) in [4.78, 5) is 11.6. The van der Waals surface area contributed by atoms with Gasteiger partial charge in [-0.2, -0.15) is 8.42 Å². The molecule has 0 heterocycles. The Balaban J connectivity index is 0.000000550. The van der Waals surface area contributed by atoms with Crippen molar-refractivity contribution in [1.29, 1.82) is 0 Å². The first kappa shape index (κ1) is 20.6. The topological polar surface area (TPSA) is 150 Å². The van der Waals surface area contributed by atoms with E-state index in [1.807, 2.05) is 17.6 Å². The number of amides is 1. The molecule has 8 nitrogen and oxygen atoms in total. The molecular weight excluding hydrogens is 348 g/mol. The van der Waals surface area contributed by atoms with Gasteiger partial charge in [0.15, 0.2) is 0 Å². The normalized spacial score (nSPS) is 10.6. The van der Waals surface area contributed by atoms with E-state index in [0.717, 1.165) is 5.56 Å². The van der Waals surface area contributed by atoms with Crippen molar-refractivity contribution in [3.05, 3.63) is 64.2 Å². The minimum atomic E-state index is -4.67. The van der Waals surface area contributed by atoms with Crippen molar-refractivity contribution >= 4 is 16.3 Å². The third-order valence-corrected chi connectivity index (χ3v) is 3.55. The van der Waals surface area contributed by atoms with E-state index in [4.69, 9.17) is 23.4 Å². The lowest BCUT2D eigenvalue weighted by Gasteiger charge is -2.10. The molecule has 0 aliphatic carbocycles. The van der Waals surface area contributed by atoms with E-state index in [1.165, 1.54) is 22.8 Å². The fraction of sp³-hybridized carbons (Fsp3) is 0.188. The van der Waals surface area contributed by atoms with E-state index in [1.54, 1.807) is 6.07 Å². The smallest absolute Gasteiger partial charge is 0.394 e. The van der Waals surface area contributed by atoms with Crippen molar-refractivity contribution in [3.63, 3.8) is 0 Å². The highest BCUT2D eigenvalue weighted by Gasteiger charge is 2.11. The van der Waals surface area contributed by atoms with Gasteiger partial charge in [0.05, 0.1) is 5.56 Å².